The molecular weight excluding hydrogens is 662 g/mol. The molecule has 4 saturated carbocycles. The zero-order chi connectivity index (χ0) is 33.4. The van der Waals surface area contributed by atoms with E-state index in [0.717, 1.165) is 0 Å². The van der Waals surface area contributed by atoms with Gasteiger partial charge in [-0.1, -0.05) is 0 Å². The molecule has 1 heterocycles. The van der Waals surface area contributed by atoms with E-state index in [1.165, 1.54) is 0 Å². The number of ether oxygens (including phenoxy) is 5. The fraction of sp³-hybridized carbons (Fsp3) is 0.864. The number of halogens is 10. The quantitative estimate of drug-likeness (QED) is 0.182. The Morgan fingerprint density at radius 3 is 1.55 bits per heavy atom. The minimum Gasteiger partial charge on any atom is -0.458 e. The van der Waals surface area contributed by atoms with Crippen molar-refractivity contribution < 1.29 is 94.9 Å². The molecule has 0 aromatic rings. The first-order valence-electron chi connectivity index (χ1n) is 12.5. The molecule has 0 radical (unpaired) electrons. The van der Waals surface area contributed by atoms with Gasteiger partial charge in [0.05, 0.1) is 18.6 Å². The zero-order valence-corrected chi connectivity index (χ0v) is 22.6. The second-order valence-corrected chi connectivity index (χ2v) is 12.9. The van der Waals surface area contributed by atoms with Crippen molar-refractivity contribution in [3.63, 3.8) is 0 Å². The predicted molar refractivity (Wildman–Crippen MR) is 115 cm³/mol. The van der Waals surface area contributed by atoms with Gasteiger partial charge in [0, 0.05) is 11.8 Å². The van der Waals surface area contributed by atoms with E-state index in [4.69, 9.17) is 18.8 Å². The topological polar surface area (TPSA) is 152 Å². The van der Waals surface area contributed by atoms with Crippen LogP contribution in [0.1, 0.15) is 32.1 Å². The van der Waals surface area contributed by atoms with Gasteiger partial charge in [-0.2, -0.15) is 47.9 Å². The van der Waals surface area contributed by atoms with Crippen LogP contribution in [0, 0.1) is 23.2 Å². The van der Waals surface area contributed by atoms with Gasteiger partial charge in [0.1, 0.15) is 18.8 Å². The van der Waals surface area contributed by atoms with Gasteiger partial charge in [-0.3, -0.25) is 4.55 Å². The highest BCUT2D eigenvalue weighted by atomic mass is 32.2. The summed E-state index contributed by atoms with van der Waals surface area (Å²) in [5.74, 6) is -12.3. The second-order valence-electron chi connectivity index (χ2n) is 11.4. The van der Waals surface area contributed by atoms with E-state index >= 15 is 0 Å². The van der Waals surface area contributed by atoms with Gasteiger partial charge in [0.2, 0.25) is 0 Å². The maximum atomic E-state index is 14.6. The molecule has 1 N–H and O–H groups in total. The van der Waals surface area contributed by atoms with Crippen molar-refractivity contribution in [2.75, 3.05) is 26.4 Å². The van der Waals surface area contributed by atoms with Crippen LogP contribution >= 0.6 is 0 Å². The lowest BCUT2D eigenvalue weighted by atomic mass is 9.51. The second kappa shape index (κ2) is 10.5. The molecule has 3 atom stereocenters. The van der Waals surface area contributed by atoms with Gasteiger partial charge in [-0.15, -0.1) is 0 Å². The number of esters is 3. The van der Waals surface area contributed by atoms with Crippen molar-refractivity contribution >= 4 is 28.0 Å². The molecule has 22 heteroatoms. The van der Waals surface area contributed by atoms with Crippen LogP contribution in [0.3, 0.4) is 0 Å². The van der Waals surface area contributed by atoms with Gasteiger partial charge < -0.3 is 23.7 Å². The van der Waals surface area contributed by atoms with Gasteiger partial charge in [-0.05, 0) is 38.0 Å². The van der Waals surface area contributed by atoms with Gasteiger partial charge in [0.15, 0.2) is 5.79 Å². The summed E-state index contributed by atoms with van der Waals surface area (Å²) >= 11 is 0. The molecule has 44 heavy (non-hydrogen) atoms. The van der Waals surface area contributed by atoms with E-state index in [0.29, 0.717) is 0 Å². The summed E-state index contributed by atoms with van der Waals surface area (Å²) in [6, 6.07) is 0. The maximum absolute atomic E-state index is 14.6. The van der Waals surface area contributed by atoms with E-state index < -0.39 is 125 Å². The summed E-state index contributed by atoms with van der Waals surface area (Å²) < 4.78 is 187. The maximum Gasteiger partial charge on any atom is 0.490 e. The molecule has 3 unspecified atom stereocenters. The summed E-state index contributed by atoms with van der Waals surface area (Å²) in [4.78, 5) is 34.8. The largest absolute Gasteiger partial charge is 0.490 e. The number of rotatable bonds is 7. The summed E-state index contributed by atoms with van der Waals surface area (Å²) in [6.45, 7) is -4.17. The Balaban J connectivity index is 1.54. The fourth-order valence-electron chi connectivity index (χ4n) is 6.51. The molecule has 5 aliphatic rings. The van der Waals surface area contributed by atoms with Crippen molar-refractivity contribution in [3.05, 3.63) is 0 Å². The highest BCUT2D eigenvalue weighted by Gasteiger charge is 2.75. The van der Waals surface area contributed by atoms with Crippen molar-refractivity contribution in [1.29, 1.82) is 0 Å². The van der Waals surface area contributed by atoms with E-state index in [9.17, 15) is 66.7 Å². The smallest absolute Gasteiger partial charge is 0.458 e. The van der Waals surface area contributed by atoms with E-state index in [2.05, 4.69) is 9.47 Å². The number of hydrogen-bond acceptors (Lipinski definition) is 10. The molecule has 0 amide bonds. The highest BCUT2D eigenvalue weighted by molar-refractivity contribution is 7.88. The van der Waals surface area contributed by atoms with Crippen LogP contribution in [0.25, 0.3) is 0 Å². The average molecular weight is 684 g/mol. The molecule has 1 saturated heterocycles. The molecule has 11 nitrogen and oxygen atoms in total. The summed E-state index contributed by atoms with van der Waals surface area (Å²) in [5, 5.41) is -5.81. The average Bonchev–Trinajstić information content (AvgIpc) is 2.86. The van der Waals surface area contributed by atoms with Crippen LogP contribution in [0.15, 0.2) is 0 Å². The fourth-order valence-corrected chi connectivity index (χ4v) is 7.05. The Kier molecular flexibility index (Phi) is 8.24. The number of alkyl halides is 10. The van der Waals surface area contributed by atoms with Gasteiger partial charge in [0.25, 0.3) is 0 Å². The van der Waals surface area contributed by atoms with Crippen molar-refractivity contribution in [3.8, 4) is 0 Å². The summed E-state index contributed by atoms with van der Waals surface area (Å²) in [5.41, 5.74) is -3.96. The van der Waals surface area contributed by atoms with E-state index in [-0.39, 0.29) is 19.3 Å². The highest BCUT2D eigenvalue weighted by Crippen LogP contribution is 2.64. The molecule has 5 fully saturated rings. The lowest BCUT2D eigenvalue weighted by molar-refractivity contribution is -0.397. The van der Waals surface area contributed by atoms with Crippen LogP contribution in [0.4, 0.5) is 43.9 Å². The van der Waals surface area contributed by atoms with Crippen LogP contribution in [0.5, 0.6) is 0 Å². The molecule has 0 aromatic carbocycles. The van der Waals surface area contributed by atoms with Crippen molar-refractivity contribution in [1.82, 2.24) is 0 Å². The third kappa shape index (κ3) is 5.93. The first-order valence-corrected chi connectivity index (χ1v) is 14.0. The lowest BCUT2D eigenvalue weighted by Gasteiger charge is -2.65. The van der Waals surface area contributed by atoms with E-state index in [1.807, 2.05) is 0 Å². The monoisotopic (exact) mass is 684 g/mol. The normalized spacial score (nSPS) is 30.8. The van der Waals surface area contributed by atoms with E-state index in [1.54, 1.807) is 0 Å². The van der Waals surface area contributed by atoms with Crippen LogP contribution in [-0.4, -0.2) is 92.2 Å². The molecule has 252 valence electrons. The predicted octanol–water partition coefficient (Wildman–Crippen LogP) is 3.16. The Labute approximate surface area is 240 Å². The lowest BCUT2D eigenvalue weighted by Crippen LogP contribution is -2.70. The summed E-state index contributed by atoms with van der Waals surface area (Å²) in [6.07, 6.45) is -18.0. The molecule has 4 bridgehead atoms. The minimum absolute atomic E-state index is 0.133. The molecule has 1 aliphatic heterocycles. The Morgan fingerprint density at radius 1 is 0.750 bits per heavy atom. The van der Waals surface area contributed by atoms with Crippen LogP contribution in [-0.2, 0) is 48.2 Å². The number of carbonyl (C=O) groups is 3. The molecule has 5 rings (SSSR count). The first-order chi connectivity index (χ1) is 19.8. The summed E-state index contributed by atoms with van der Waals surface area (Å²) in [7, 11) is -6.71. The third-order valence-corrected chi connectivity index (χ3v) is 9.36. The van der Waals surface area contributed by atoms with Gasteiger partial charge >= 0.3 is 51.6 Å². The van der Waals surface area contributed by atoms with Crippen LogP contribution in [0.2, 0.25) is 0 Å². The number of hydrogen-bond donors (Lipinski definition) is 1. The molecule has 0 aromatic heterocycles. The standard InChI is InChI=1S/C22H22F10O11S/c23-19(22(30,31)32,44(36,37)38)13(33)43-17-3-10-1-11(4-17)18(12(2-10)5-17)41-8-16(9-42-18,6-39-14(34)20(24,25)26)7-40-15(35)21(27,28)29/h10-12H,1-9H2,(H,36,37,38). The number of carbonyl (C=O) groups excluding carboxylic acids is 3. The van der Waals surface area contributed by atoms with Crippen LogP contribution < -0.4 is 0 Å². The Bertz CT molecular complexity index is 1240. The zero-order valence-electron chi connectivity index (χ0n) is 21.8. The Hall–Kier alpha value is -2.46. The molecule has 4 aliphatic carbocycles. The molecule has 1 spiro atoms. The molecular formula is C22H22F10O11S. The third-order valence-electron chi connectivity index (χ3n) is 8.25. The SMILES string of the molecule is O=C(OCC1(COC(=O)C(F)(F)F)COC2(OC1)C1CC3CC2CC(OC(=O)C(F)(C(F)(F)F)S(=O)(=O)O)(C3)C1)C(F)(F)F. The minimum atomic E-state index is -6.71. The Morgan fingerprint density at radius 2 is 1.18 bits per heavy atom. The van der Waals surface area contributed by atoms with Gasteiger partial charge in [-0.25, -0.2) is 18.8 Å². The van der Waals surface area contributed by atoms with Crippen molar-refractivity contribution in [2.24, 2.45) is 23.2 Å². The first kappa shape index (κ1) is 34.4. The van der Waals surface area contributed by atoms with Crippen molar-refractivity contribution in [2.45, 2.75) is 67.0 Å².